The number of fused-ring (bicyclic) bond motifs is 1. The lowest BCUT2D eigenvalue weighted by molar-refractivity contribution is 0.400. The lowest BCUT2D eigenvalue weighted by Gasteiger charge is -2.23. The van der Waals surface area contributed by atoms with E-state index in [0.29, 0.717) is 17.8 Å². The highest BCUT2D eigenvalue weighted by Crippen LogP contribution is 2.24. The molecule has 118 valence electrons. The molecule has 0 bridgehead atoms. The maximum Gasteiger partial charge on any atom is 0.216 e. The normalized spacial score (nSPS) is 18.2. The van der Waals surface area contributed by atoms with Crippen LogP contribution in [0.2, 0.25) is 5.02 Å². The molecule has 1 aliphatic rings. The van der Waals surface area contributed by atoms with E-state index in [1.807, 2.05) is 0 Å². The van der Waals surface area contributed by atoms with Gasteiger partial charge in [0.25, 0.3) is 0 Å². The van der Waals surface area contributed by atoms with Crippen molar-refractivity contribution in [2.24, 2.45) is 0 Å². The van der Waals surface area contributed by atoms with Crippen molar-refractivity contribution in [1.29, 1.82) is 0 Å². The summed E-state index contributed by atoms with van der Waals surface area (Å²) in [6.07, 6.45) is 2.91. The number of nitrogens with zero attached hydrogens (tertiary/aromatic N) is 3. The molecule has 3 rings (SSSR count). The molecule has 0 saturated carbocycles. The first-order valence-electron chi connectivity index (χ1n) is 6.76. The number of halogens is 2. The summed E-state index contributed by atoms with van der Waals surface area (Å²) in [6, 6.07) is 3.49. The highest BCUT2D eigenvalue weighted by molar-refractivity contribution is 7.88. The zero-order valence-corrected chi connectivity index (χ0v) is 13.1. The molecule has 0 radical (unpaired) electrons. The third-order valence-electron chi connectivity index (χ3n) is 3.48. The summed E-state index contributed by atoms with van der Waals surface area (Å²) in [5.41, 5.74) is 0.427. The van der Waals surface area contributed by atoms with Crippen LogP contribution in [0.3, 0.4) is 0 Å². The van der Waals surface area contributed by atoms with Crippen molar-refractivity contribution in [2.75, 3.05) is 0 Å². The summed E-state index contributed by atoms with van der Waals surface area (Å²) in [5, 5.41) is 3.96. The van der Waals surface area contributed by atoms with E-state index in [1.54, 1.807) is 4.68 Å². The molecule has 22 heavy (non-hydrogen) atoms. The van der Waals surface area contributed by atoms with E-state index in [4.69, 9.17) is 11.6 Å². The van der Waals surface area contributed by atoms with E-state index in [0.717, 1.165) is 19.0 Å². The smallest absolute Gasteiger partial charge is 0.216 e. The van der Waals surface area contributed by atoms with Crippen LogP contribution in [0.5, 0.6) is 0 Å². The second-order valence-corrected chi connectivity index (χ2v) is 7.32. The number of hydrogen-bond acceptors (Lipinski definition) is 4. The van der Waals surface area contributed by atoms with Crippen molar-refractivity contribution < 1.29 is 12.8 Å². The van der Waals surface area contributed by atoms with Gasteiger partial charge in [-0.1, -0.05) is 17.7 Å². The Morgan fingerprint density at radius 2 is 2.27 bits per heavy atom. The quantitative estimate of drug-likeness (QED) is 0.920. The highest BCUT2D eigenvalue weighted by Gasteiger charge is 2.26. The fraction of sp³-hybridized carbons (Fsp3) is 0.385. The highest BCUT2D eigenvalue weighted by atomic mass is 35.5. The number of rotatable bonds is 4. The van der Waals surface area contributed by atoms with Gasteiger partial charge in [-0.15, -0.1) is 0 Å². The van der Waals surface area contributed by atoms with Gasteiger partial charge in [0.2, 0.25) is 10.0 Å². The number of benzene rings is 1. The molecular formula is C13H14ClFN4O2S. The minimum atomic E-state index is -3.60. The maximum absolute atomic E-state index is 13.1. The standard InChI is InChI=1S/C13H14ClFN4O2S/c14-10-6-9(3-4-11(10)15)7-22(20,21)18-12-2-1-5-19-13(12)16-8-17-19/h3-4,6,8,12,18H,1-2,5,7H2. The second kappa shape index (κ2) is 5.94. The van der Waals surface area contributed by atoms with E-state index in [2.05, 4.69) is 14.8 Å². The van der Waals surface area contributed by atoms with E-state index in [9.17, 15) is 12.8 Å². The minimum Gasteiger partial charge on any atom is -0.248 e. The lowest BCUT2D eigenvalue weighted by Crippen LogP contribution is -2.34. The van der Waals surface area contributed by atoms with Gasteiger partial charge in [-0.2, -0.15) is 5.10 Å². The Bertz CT molecular complexity index is 793. The molecule has 2 heterocycles. The van der Waals surface area contributed by atoms with Crippen LogP contribution < -0.4 is 4.72 Å². The van der Waals surface area contributed by atoms with Gasteiger partial charge in [0.1, 0.15) is 18.0 Å². The van der Waals surface area contributed by atoms with E-state index in [-0.39, 0.29) is 10.8 Å². The molecule has 0 spiro atoms. The molecule has 0 fully saturated rings. The Hall–Kier alpha value is -1.51. The Morgan fingerprint density at radius 3 is 3.05 bits per heavy atom. The SMILES string of the molecule is O=S(=O)(Cc1ccc(F)c(Cl)c1)NC1CCCn2ncnc21. The number of nitrogens with one attached hydrogen (secondary N) is 1. The Labute approximate surface area is 132 Å². The maximum atomic E-state index is 13.1. The average molecular weight is 345 g/mol. The van der Waals surface area contributed by atoms with Gasteiger partial charge in [0.15, 0.2) is 0 Å². The third-order valence-corrected chi connectivity index (χ3v) is 5.13. The van der Waals surface area contributed by atoms with E-state index >= 15 is 0 Å². The fourth-order valence-electron chi connectivity index (χ4n) is 2.51. The number of hydrogen-bond donors (Lipinski definition) is 1. The molecule has 0 amide bonds. The summed E-state index contributed by atoms with van der Waals surface area (Å²) >= 11 is 5.68. The van der Waals surface area contributed by atoms with Crippen molar-refractivity contribution in [3.8, 4) is 0 Å². The summed E-state index contributed by atoms with van der Waals surface area (Å²) in [7, 11) is -3.60. The summed E-state index contributed by atoms with van der Waals surface area (Å²) < 4.78 is 42.0. The van der Waals surface area contributed by atoms with Crippen LogP contribution in [-0.2, 0) is 22.3 Å². The van der Waals surface area contributed by atoms with Crippen molar-refractivity contribution >= 4 is 21.6 Å². The molecule has 9 heteroatoms. The van der Waals surface area contributed by atoms with Crippen LogP contribution in [-0.4, -0.2) is 23.2 Å². The number of aryl methyl sites for hydroxylation is 1. The van der Waals surface area contributed by atoms with Crippen molar-refractivity contribution in [3.05, 3.63) is 46.8 Å². The van der Waals surface area contributed by atoms with Crippen LogP contribution in [0.15, 0.2) is 24.5 Å². The van der Waals surface area contributed by atoms with Crippen LogP contribution in [0.1, 0.15) is 30.3 Å². The third kappa shape index (κ3) is 3.29. The Morgan fingerprint density at radius 1 is 1.45 bits per heavy atom. The second-order valence-electron chi connectivity index (χ2n) is 5.16. The molecule has 1 atom stereocenters. The number of aromatic nitrogens is 3. The van der Waals surface area contributed by atoms with Crippen molar-refractivity contribution in [3.63, 3.8) is 0 Å². The van der Waals surface area contributed by atoms with Crippen LogP contribution in [0.4, 0.5) is 4.39 Å². The van der Waals surface area contributed by atoms with E-state index in [1.165, 1.54) is 18.5 Å². The monoisotopic (exact) mass is 344 g/mol. The summed E-state index contributed by atoms with van der Waals surface area (Å²) in [5.74, 6) is -0.222. The van der Waals surface area contributed by atoms with Gasteiger partial charge in [0, 0.05) is 6.54 Å². The molecule has 0 saturated heterocycles. The fourth-order valence-corrected chi connectivity index (χ4v) is 4.07. The van der Waals surface area contributed by atoms with Crippen LogP contribution in [0, 0.1) is 5.82 Å². The molecule has 1 aliphatic heterocycles. The van der Waals surface area contributed by atoms with E-state index < -0.39 is 21.9 Å². The molecule has 1 aromatic carbocycles. The molecule has 1 aromatic heterocycles. The minimum absolute atomic E-state index is 0.0925. The first kappa shape index (κ1) is 15.4. The molecule has 1 unspecified atom stereocenters. The van der Waals surface area contributed by atoms with Crippen LogP contribution in [0.25, 0.3) is 0 Å². The van der Waals surface area contributed by atoms with Gasteiger partial charge in [0.05, 0.1) is 16.8 Å². The predicted molar refractivity (Wildman–Crippen MR) is 79.2 cm³/mol. The topological polar surface area (TPSA) is 76.9 Å². The molecule has 2 aromatic rings. The number of sulfonamides is 1. The van der Waals surface area contributed by atoms with Crippen molar-refractivity contribution in [1.82, 2.24) is 19.5 Å². The largest absolute Gasteiger partial charge is 0.248 e. The molecule has 6 nitrogen and oxygen atoms in total. The zero-order valence-electron chi connectivity index (χ0n) is 11.5. The van der Waals surface area contributed by atoms with Gasteiger partial charge >= 0.3 is 0 Å². The first-order valence-corrected chi connectivity index (χ1v) is 8.79. The zero-order chi connectivity index (χ0) is 15.7. The molecule has 1 N–H and O–H groups in total. The molecular weight excluding hydrogens is 331 g/mol. The van der Waals surface area contributed by atoms with Gasteiger partial charge < -0.3 is 0 Å². The van der Waals surface area contributed by atoms with Gasteiger partial charge in [-0.3, -0.25) is 0 Å². The van der Waals surface area contributed by atoms with Crippen LogP contribution >= 0.6 is 11.6 Å². The Balaban J connectivity index is 1.76. The summed E-state index contributed by atoms with van der Waals surface area (Å²) in [4.78, 5) is 4.11. The average Bonchev–Trinajstić information content (AvgIpc) is 2.92. The molecule has 0 aliphatic carbocycles. The summed E-state index contributed by atoms with van der Waals surface area (Å²) in [6.45, 7) is 0.737. The Kier molecular flexibility index (Phi) is 4.16. The van der Waals surface area contributed by atoms with Crippen molar-refractivity contribution in [2.45, 2.75) is 31.2 Å². The van der Waals surface area contributed by atoms with Gasteiger partial charge in [-0.05, 0) is 30.5 Å². The van der Waals surface area contributed by atoms with Gasteiger partial charge in [-0.25, -0.2) is 27.2 Å². The lowest BCUT2D eigenvalue weighted by atomic mass is 10.1. The first-order chi connectivity index (χ1) is 10.4. The predicted octanol–water partition coefficient (Wildman–Crippen LogP) is 2.03.